The van der Waals surface area contributed by atoms with E-state index in [0.717, 1.165) is 44.4 Å². The molecular formula is C10H20N2OS2. The molecule has 5 heteroatoms. The Kier molecular flexibility index (Phi) is 7.13. The van der Waals surface area contributed by atoms with Crippen LogP contribution < -0.4 is 5.32 Å². The monoisotopic (exact) mass is 248 g/mol. The quantitative estimate of drug-likeness (QED) is 0.585. The number of nitrogens with zero attached hydrogens (tertiary/aromatic N) is 1. The molecule has 0 amide bonds. The van der Waals surface area contributed by atoms with Crippen molar-refractivity contribution in [3.63, 3.8) is 0 Å². The van der Waals surface area contributed by atoms with E-state index in [2.05, 4.69) is 10.2 Å². The van der Waals surface area contributed by atoms with E-state index in [4.69, 9.17) is 17.0 Å². The Morgan fingerprint density at radius 3 is 2.87 bits per heavy atom. The highest BCUT2D eigenvalue weighted by Gasteiger charge is 2.12. The fraction of sp³-hybridized carbons (Fsp3) is 0.900. The van der Waals surface area contributed by atoms with E-state index in [1.165, 1.54) is 11.5 Å². The van der Waals surface area contributed by atoms with Crippen LogP contribution in [0.25, 0.3) is 0 Å². The summed E-state index contributed by atoms with van der Waals surface area (Å²) in [6.45, 7) is 6.73. The zero-order valence-corrected chi connectivity index (χ0v) is 11.0. The molecule has 0 spiro atoms. The van der Waals surface area contributed by atoms with Crippen LogP contribution in [0, 0.1) is 0 Å². The van der Waals surface area contributed by atoms with E-state index in [0.29, 0.717) is 0 Å². The smallest absolute Gasteiger partial charge is 0.168 e. The SMILES string of the molecule is CCOCCCNC(=S)N1CCSCC1. The summed E-state index contributed by atoms with van der Waals surface area (Å²) >= 11 is 7.32. The number of ether oxygens (including phenoxy) is 1. The Bertz CT molecular complexity index is 184. The van der Waals surface area contributed by atoms with Gasteiger partial charge in [0, 0.05) is 44.4 Å². The summed E-state index contributed by atoms with van der Waals surface area (Å²) in [7, 11) is 0. The van der Waals surface area contributed by atoms with Crippen molar-refractivity contribution in [1.82, 2.24) is 10.2 Å². The number of thiocarbonyl (C=S) groups is 1. The van der Waals surface area contributed by atoms with Gasteiger partial charge < -0.3 is 15.0 Å². The number of rotatable bonds is 5. The summed E-state index contributed by atoms with van der Waals surface area (Å²) in [6.07, 6.45) is 1.02. The summed E-state index contributed by atoms with van der Waals surface area (Å²) in [5.41, 5.74) is 0. The molecule has 1 N–H and O–H groups in total. The molecule has 0 aromatic carbocycles. The molecular weight excluding hydrogens is 228 g/mol. The highest BCUT2D eigenvalue weighted by Crippen LogP contribution is 2.08. The fourth-order valence-electron chi connectivity index (χ4n) is 1.39. The number of hydrogen-bond donors (Lipinski definition) is 1. The second-order valence-electron chi connectivity index (χ2n) is 3.38. The molecule has 0 aromatic heterocycles. The first-order chi connectivity index (χ1) is 7.34. The van der Waals surface area contributed by atoms with Crippen LogP contribution in [0.1, 0.15) is 13.3 Å². The zero-order valence-electron chi connectivity index (χ0n) is 9.33. The molecule has 0 bridgehead atoms. The predicted octanol–water partition coefficient (Wildman–Crippen LogP) is 1.34. The van der Waals surface area contributed by atoms with Crippen LogP contribution in [0.5, 0.6) is 0 Å². The van der Waals surface area contributed by atoms with Gasteiger partial charge in [-0.25, -0.2) is 0 Å². The normalized spacial score (nSPS) is 16.5. The number of nitrogens with one attached hydrogen (secondary N) is 1. The van der Waals surface area contributed by atoms with Crippen molar-refractivity contribution in [3.8, 4) is 0 Å². The molecule has 3 nitrogen and oxygen atoms in total. The molecule has 1 rings (SSSR count). The number of hydrogen-bond acceptors (Lipinski definition) is 3. The third-order valence-electron chi connectivity index (χ3n) is 2.24. The van der Waals surface area contributed by atoms with Gasteiger partial charge in [-0.3, -0.25) is 0 Å². The van der Waals surface area contributed by atoms with Crippen LogP contribution >= 0.6 is 24.0 Å². The van der Waals surface area contributed by atoms with E-state index in [9.17, 15) is 0 Å². The van der Waals surface area contributed by atoms with Gasteiger partial charge in [0.05, 0.1) is 0 Å². The van der Waals surface area contributed by atoms with Gasteiger partial charge in [0.1, 0.15) is 0 Å². The third kappa shape index (κ3) is 5.58. The molecule has 1 heterocycles. The molecule has 88 valence electrons. The summed E-state index contributed by atoms with van der Waals surface area (Å²) in [5.74, 6) is 2.39. The van der Waals surface area contributed by atoms with Gasteiger partial charge in [0.2, 0.25) is 0 Å². The average molecular weight is 248 g/mol. The minimum Gasteiger partial charge on any atom is -0.382 e. The van der Waals surface area contributed by atoms with Crippen molar-refractivity contribution in [2.75, 3.05) is 44.4 Å². The highest BCUT2D eigenvalue weighted by atomic mass is 32.2. The lowest BCUT2D eigenvalue weighted by atomic mass is 10.4. The standard InChI is InChI=1S/C10H20N2OS2/c1-2-13-7-3-4-11-10(14)12-5-8-15-9-6-12/h2-9H2,1H3,(H,11,14). The average Bonchev–Trinajstić information content (AvgIpc) is 2.30. The molecule has 0 unspecified atom stereocenters. The van der Waals surface area contributed by atoms with Crippen molar-refractivity contribution < 1.29 is 4.74 Å². The molecule has 1 aliphatic heterocycles. The molecule has 0 saturated carbocycles. The maximum Gasteiger partial charge on any atom is 0.168 e. The molecule has 0 aromatic rings. The van der Waals surface area contributed by atoms with Gasteiger partial charge in [-0.05, 0) is 25.6 Å². The largest absolute Gasteiger partial charge is 0.382 e. The van der Waals surface area contributed by atoms with Crippen molar-refractivity contribution in [1.29, 1.82) is 0 Å². The van der Waals surface area contributed by atoms with Gasteiger partial charge in [-0.2, -0.15) is 11.8 Å². The van der Waals surface area contributed by atoms with Crippen LogP contribution in [0.3, 0.4) is 0 Å². The molecule has 1 saturated heterocycles. The lowest BCUT2D eigenvalue weighted by Gasteiger charge is -2.29. The minimum atomic E-state index is 0.799. The minimum absolute atomic E-state index is 0.799. The maximum absolute atomic E-state index is 5.32. The van der Waals surface area contributed by atoms with Gasteiger partial charge in [-0.1, -0.05) is 0 Å². The predicted molar refractivity (Wildman–Crippen MR) is 70.6 cm³/mol. The Hall–Kier alpha value is 0. The van der Waals surface area contributed by atoms with E-state index in [-0.39, 0.29) is 0 Å². The Morgan fingerprint density at radius 1 is 1.47 bits per heavy atom. The molecule has 15 heavy (non-hydrogen) atoms. The number of thioether (sulfide) groups is 1. The molecule has 0 atom stereocenters. The fourth-order valence-corrected chi connectivity index (χ4v) is 2.58. The molecule has 1 aliphatic rings. The van der Waals surface area contributed by atoms with Gasteiger partial charge >= 0.3 is 0 Å². The Balaban J connectivity index is 2.02. The first kappa shape index (κ1) is 13.1. The zero-order chi connectivity index (χ0) is 10.9. The summed E-state index contributed by atoms with van der Waals surface area (Å²) in [6, 6.07) is 0. The van der Waals surface area contributed by atoms with Crippen LogP contribution in [0.15, 0.2) is 0 Å². The van der Waals surface area contributed by atoms with Gasteiger partial charge in [0.15, 0.2) is 5.11 Å². The van der Waals surface area contributed by atoms with E-state index >= 15 is 0 Å². The molecule has 0 radical (unpaired) electrons. The second kappa shape index (κ2) is 8.19. The third-order valence-corrected chi connectivity index (χ3v) is 3.59. The van der Waals surface area contributed by atoms with Crippen molar-refractivity contribution >= 4 is 29.1 Å². The Labute approximate surface area is 102 Å². The first-order valence-electron chi connectivity index (χ1n) is 5.53. The van der Waals surface area contributed by atoms with Crippen molar-refractivity contribution in [2.45, 2.75) is 13.3 Å². The van der Waals surface area contributed by atoms with E-state index in [1.54, 1.807) is 0 Å². The lowest BCUT2D eigenvalue weighted by Crippen LogP contribution is -2.44. The highest BCUT2D eigenvalue weighted by molar-refractivity contribution is 7.99. The maximum atomic E-state index is 5.32. The summed E-state index contributed by atoms with van der Waals surface area (Å²) < 4.78 is 5.26. The van der Waals surface area contributed by atoms with Crippen molar-refractivity contribution in [2.24, 2.45) is 0 Å². The van der Waals surface area contributed by atoms with Crippen LogP contribution in [-0.2, 0) is 4.74 Å². The molecule has 1 fully saturated rings. The molecule has 0 aliphatic carbocycles. The Morgan fingerprint density at radius 2 is 2.20 bits per heavy atom. The van der Waals surface area contributed by atoms with Crippen LogP contribution in [0.2, 0.25) is 0 Å². The van der Waals surface area contributed by atoms with Crippen molar-refractivity contribution in [3.05, 3.63) is 0 Å². The summed E-state index contributed by atoms with van der Waals surface area (Å²) in [4.78, 5) is 2.26. The van der Waals surface area contributed by atoms with E-state index < -0.39 is 0 Å². The first-order valence-corrected chi connectivity index (χ1v) is 7.09. The topological polar surface area (TPSA) is 24.5 Å². The van der Waals surface area contributed by atoms with Gasteiger partial charge in [0.25, 0.3) is 0 Å². The van der Waals surface area contributed by atoms with E-state index in [1.807, 2.05) is 18.7 Å². The lowest BCUT2D eigenvalue weighted by molar-refractivity contribution is 0.145. The second-order valence-corrected chi connectivity index (χ2v) is 4.99. The summed E-state index contributed by atoms with van der Waals surface area (Å²) in [5, 5.41) is 4.19. The van der Waals surface area contributed by atoms with Crippen LogP contribution in [-0.4, -0.2) is 54.4 Å². The van der Waals surface area contributed by atoms with Crippen LogP contribution in [0.4, 0.5) is 0 Å². The van der Waals surface area contributed by atoms with Gasteiger partial charge in [-0.15, -0.1) is 0 Å².